The largest absolute Gasteiger partial charge is 0.369 e. The fraction of sp³-hybridized carbons (Fsp3) is 0.429. The lowest BCUT2D eigenvalue weighted by molar-refractivity contribution is -0.123. The summed E-state index contributed by atoms with van der Waals surface area (Å²) in [7, 11) is 0. The Labute approximate surface area is 102 Å². The van der Waals surface area contributed by atoms with E-state index in [0.717, 1.165) is 12.0 Å². The van der Waals surface area contributed by atoms with E-state index in [-0.39, 0.29) is 18.8 Å². The molecule has 0 aliphatic carbocycles. The van der Waals surface area contributed by atoms with Crippen molar-refractivity contribution >= 4 is 5.78 Å². The Balaban J connectivity index is 2.45. The van der Waals surface area contributed by atoms with E-state index < -0.39 is 0 Å². The van der Waals surface area contributed by atoms with E-state index in [1.807, 2.05) is 12.1 Å². The molecule has 0 aromatic heterocycles. The minimum Gasteiger partial charge on any atom is -0.369 e. The molecule has 0 bridgehead atoms. The zero-order chi connectivity index (χ0) is 12.7. The maximum absolute atomic E-state index is 11.1. The minimum atomic E-state index is -0.172. The number of ketones is 1. The van der Waals surface area contributed by atoms with Gasteiger partial charge >= 0.3 is 0 Å². The smallest absolute Gasteiger partial charge is 0.172 e. The van der Waals surface area contributed by atoms with Gasteiger partial charge in [0.15, 0.2) is 5.78 Å². The molecule has 1 aromatic carbocycles. The molecule has 0 unspecified atom stereocenters. The van der Waals surface area contributed by atoms with Gasteiger partial charge in [-0.2, -0.15) is 5.26 Å². The van der Waals surface area contributed by atoms with Gasteiger partial charge in [0, 0.05) is 0 Å². The van der Waals surface area contributed by atoms with Crippen LogP contribution in [0.3, 0.4) is 0 Å². The Kier molecular flexibility index (Phi) is 5.38. The third kappa shape index (κ3) is 4.38. The molecule has 0 saturated heterocycles. The van der Waals surface area contributed by atoms with Crippen molar-refractivity contribution in [3.63, 3.8) is 0 Å². The second-order valence-electron chi connectivity index (χ2n) is 3.98. The van der Waals surface area contributed by atoms with Crippen molar-refractivity contribution in [1.82, 2.24) is 0 Å². The number of Topliss-reactive ketones (excluding diaryl/α,β-unsaturated/α-hetero) is 1. The number of ether oxygens (including phenoxy) is 1. The monoisotopic (exact) mass is 231 g/mol. The van der Waals surface area contributed by atoms with Gasteiger partial charge in [0.1, 0.15) is 6.61 Å². The lowest BCUT2D eigenvalue weighted by Gasteiger charge is -2.07. The summed E-state index contributed by atoms with van der Waals surface area (Å²) < 4.78 is 5.26. The number of aryl methyl sites for hydroxylation is 2. The van der Waals surface area contributed by atoms with Crippen LogP contribution in [0.5, 0.6) is 0 Å². The van der Waals surface area contributed by atoms with Crippen LogP contribution < -0.4 is 0 Å². The Morgan fingerprint density at radius 3 is 2.82 bits per heavy atom. The maximum atomic E-state index is 11.1. The third-order valence-corrected chi connectivity index (χ3v) is 2.60. The number of hydrogen-bond acceptors (Lipinski definition) is 3. The van der Waals surface area contributed by atoms with Crippen molar-refractivity contribution in [3.8, 4) is 6.07 Å². The molecular weight excluding hydrogens is 214 g/mol. The van der Waals surface area contributed by atoms with Crippen LogP contribution in [0, 0.1) is 18.3 Å². The van der Waals surface area contributed by atoms with Gasteiger partial charge in [-0.1, -0.05) is 25.1 Å². The molecule has 0 N–H and O–H groups in total. The molecule has 3 heteroatoms. The Hall–Kier alpha value is -1.66. The molecule has 0 aliphatic heterocycles. The van der Waals surface area contributed by atoms with Gasteiger partial charge in [-0.3, -0.25) is 4.79 Å². The second kappa shape index (κ2) is 6.82. The van der Waals surface area contributed by atoms with Crippen LogP contribution in [0.1, 0.15) is 30.0 Å². The van der Waals surface area contributed by atoms with Crippen molar-refractivity contribution in [2.75, 3.05) is 6.61 Å². The molecule has 90 valence electrons. The van der Waals surface area contributed by atoms with E-state index in [2.05, 4.69) is 26.0 Å². The molecule has 0 aliphatic rings. The summed E-state index contributed by atoms with van der Waals surface area (Å²) in [5.74, 6) is -0.172. The first-order valence-electron chi connectivity index (χ1n) is 5.72. The Bertz CT molecular complexity index is 432. The zero-order valence-electron chi connectivity index (χ0n) is 10.3. The normalized spacial score (nSPS) is 9.94. The average Bonchev–Trinajstić information content (AvgIpc) is 2.29. The van der Waals surface area contributed by atoms with E-state index in [1.165, 1.54) is 11.1 Å². The summed E-state index contributed by atoms with van der Waals surface area (Å²) in [4.78, 5) is 11.1. The van der Waals surface area contributed by atoms with E-state index in [0.29, 0.717) is 6.61 Å². The highest BCUT2D eigenvalue weighted by Gasteiger charge is 2.02. The lowest BCUT2D eigenvalue weighted by Crippen LogP contribution is -2.07. The summed E-state index contributed by atoms with van der Waals surface area (Å²) in [5, 5.41) is 8.32. The van der Waals surface area contributed by atoms with Gasteiger partial charge in [0.25, 0.3) is 0 Å². The fourth-order valence-electron chi connectivity index (χ4n) is 1.67. The van der Waals surface area contributed by atoms with Crippen LogP contribution in [0.15, 0.2) is 18.2 Å². The van der Waals surface area contributed by atoms with Crippen molar-refractivity contribution in [3.05, 3.63) is 34.9 Å². The van der Waals surface area contributed by atoms with E-state index in [4.69, 9.17) is 10.00 Å². The number of carbonyl (C=O) groups excluding carboxylic acids is 1. The molecule has 0 amide bonds. The van der Waals surface area contributed by atoms with Crippen molar-refractivity contribution < 1.29 is 9.53 Å². The van der Waals surface area contributed by atoms with Crippen molar-refractivity contribution in [1.29, 1.82) is 5.26 Å². The molecular formula is C14H17NO2. The van der Waals surface area contributed by atoms with Crippen LogP contribution >= 0.6 is 0 Å². The van der Waals surface area contributed by atoms with Gasteiger partial charge in [-0.05, 0) is 30.0 Å². The third-order valence-electron chi connectivity index (χ3n) is 2.60. The van der Waals surface area contributed by atoms with Gasteiger partial charge in [-0.25, -0.2) is 0 Å². The number of rotatable bonds is 6. The molecule has 0 heterocycles. The van der Waals surface area contributed by atoms with Gasteiger partial charge in [0.05, 0.1) is 19.1 Å². The highest BCUT2D eigenvalue weighted by atomic mass is 16.5. The zero-order valence-corrected chi connectivity index (χ0v) is 10.3. The molecule has 0 atom stereocenters. The van der Waals surface area contributed by atoms with Crippen LogP contribution in [0.2, 0.25) is 0 Å². The first-order valence-corrected chi connectivity index (χ1v) is 5.72. The lowest BCUT2D eigenvalue weighted by atomic mass is 10.0. The summed E-state index contributed by atoms with van der Waals surface area (Å²) in [5.41, 5.74) is 3.63. The molecule has 0 radical (unpaired) electrons. The van der Waals surface area contributed by atoms with Crippen molar-refractivity contribution in [2.24, 2.45) is 0 Å². The van der Waals surface area contributed by atoms with E-state index >= 15 is 0 Å². The predicted octanol–water partition coefficient (Wildman–Crippen LogP) is 2.56. The standard InChI is InChI=1S/C14H17NO2/c1-3-13-5-4-12(8-11(13)2)9-17-10-14(16)6-7-15/h4-5,8H,3,6,9-10H2,1-2H3. The number of hydrogen-bond donors (Lipinski definition) is 0. The highest BCUT2D eigenvalue weighted by Crippen LogP contribution is 2.12. The number of nitrogens with zero attached hydrogens (tertiary/aromatic N) is 1. The maximum Gasteiger partial charge on any atom is 0.172 e. The SMILES string of the molecule is CCc1ccc(COCC(=O)CC#N)cc1C. The summed E-state index contributed by atoms with van der Waals surface area (Å²) >= 11 is 0. The molecule has 0 fully saturated rings. The highest BCUT2D eigenvalue weighted by molar-refractivity contribution is 5.81. The molecule has 17 heavy (non-hydrogen) atoms. The Morgan fingerprint density at radius 1 is 1.47 bits per heavy atom. The summed E-state index contributed by atoms with van der Waals surface area (Å²) in [6.45, 7) is 4.63. The molecule has 0 saturated carbocycles. The first-order chi connectivity index (χ1) is 8.17. The van der Waals surface area contributed by atoms with Crippen LogP contribution in [-0.2, 0) is 22.6 Å². The predicted molar refractivity (Wildman–Crippen MR) is 65.5 cm³/mol. The topological polar surface area (TPSA) is 50.1 Å². The second-order valence-corrected chi connectivity index (χ2v) is 3.98. The van der Waals surface area contributed by atoms with E-state index in [9.17, 15) is 4.79 Å². The summed E-state index contributed by atoms with van der Waals surface area (Å²) in [6, 6.07) is 7.99. The van der Waals surface area contributed by atoms with Crippen LogP contribution in [0.25, 0.3) is 0 Å². The molecule has 1 aromatic rings. The number of carbonyl (C=O) groups is 1. The fourth-order valence-corrected chi connectivity index (χ4v) is 1.67. The van der Waals surface area contributed by atoms with Gasteiger partial charge in [-0.15, -0.1) is 0 Å². The minimum absolute atomic E-state index is 0.0160. The van der Waals surface area contributed by atoms with Crippen molar-refractivity contribution in [2.45, 2.75) is 33.3 Å². The van der Waals surface area contributed by atoms with Gasteiger partial charge < -0.3 is 4.74 Å². The number of benzene rings is 1. The molecule has 1 rings (SSSR count). The number of nitriles is 1. The van der Waals surface area contributed by atoms with E-state index in [1.54, 1.807) is 0 Å². The first kappa shape index (κ1) is 13.4. The average molecular weight is 231 g/mol. The molecule has 3 nitrogen and oxygen atoms in total. The van der Waals surface area contributed by atoms with Gasteiger partial charge in [0.2, 0.25) is 0 Å². The van der Waals surface area contributed by atoms with Crippen LogP contribution in [-0.4, -0.2) is 12.4 Å². The molecule has 0 spiro atoms. The quantitative estimate of drug-likeness (QED) is 0.756. The summed E-state index contributed by atoms with van der Waals surface area (Å²) in [6.07, 6.45) is 0.946. The van der Waals surface area contributed by atoms with Crippen LogP contribution in [0.4, 0.5) is 0 Å². The Morgan fingerprint density at radius 2 is 2.24 bits per heavy atom.